The number of carbonyl (C=O) groups excluding carboxylic acids is 2. The molecule has 2 amide bonds. The SMILES string of the molecule is CNCc1csc(C(=O)Nc2c(OC)cc(Cl)cc2C(=O)Nc2ccc(Cl)cc2)c1Cl. The Morgan fingerprint density at radius 2 is 1.71 bits per heavy atom. The number of hydrogen-bond acceptors (Lipinski definition) is 5. The van der Waals surface area contributed by atoms with Crippen LogP contribution in [0.2, 0.25) is 15.1 Å². The lowest BCUT2D eigenvalue weighted by Crippen LogP contribution is -2.19. The van der Waals surface area contributed by atoms with E-state index < -0.39 is 11.8 Å². The van der Waals surface area contributed by atoms with Gasteiger partial charge in [0.05, 0.1) is 23.4 Å². The Labute approximate surface area is 198 Å². The monoisotopic (exact) mass is 497 g/mol. The molecule has 1 heterocycles. The number of amides is 2. The number of halogens is 3. The zero-order chi connectivity index (χ0) is 22.5. The number of anilines is 2. The van der Waals surface area contributed by atoms with Crippen LogP contribution in [0.15, 0.2) is 41.8 Å². The van der Waals surface area contributed by atoms with Gasteiger partial charge in [-0.15, -0.1) is 11.3 Å². The summed E-state index contributed by atoms with van der Waals surface area (Å²) in [6.45, 7) is 0.529. The second-order valence-corrected chi connectivity index (χ2v) is 8.51. The number of ether oxygens (including phenoxy) is 1. The average Bonchev–Trinajstić information content (AvgIpc) is 3.11. The van der Waals surface area contributed by atoms with Gasteiger partial charge in [-0.25, -0.2) is 0 Å². The molecule has 2 aromatic carbocycles. The number of hydrogen-bond donors (Lipinski definition) is 3. The van der Waals surface area contributed by atoms with Crippen molar-refractivity contribution in [2.75, 3.05) is 24.8 Å². The summed E-state index contributed by atoms with van der Waals surface area (Å²) < 4.78 is 5.36. The number of nitrogens with one attached hydrogen (secondary N) is 3. The molecule has 0 spiro atoms. The molecule has 162 valence electrons. The summed E-state index contributed by atoms with van der Waals surface area (Å²) in [4.78, 5) is 26.2. The van der Waals surface area contributed by atoms with Gasteiger partial charge in [-0.2, -0.15) is 0 Å². The summed E-state index contributed by atoms with van der Waals surface area (Å²) in [5.41, 5.74) is 1.66. The van der Waals surface area contributed by atoms with E-state index in [4.69, 9.17) is 39.5 Å². The molecule has 0 radical (unpaired) electrons. The van der Waals surface area contributed by atoms with Crippen molar-refractivity contribution in [3.8, 4) is 5.75 Å². The fraction of sp³-hybridized carbons (Fsp3) is 0.143. The summed E-state index contributed by atoms with van der Waals surface area (Å²) in [6.07, 6.45) is 0. The lowest BCUT2D eigenvalue weighted by atomic mass is 10.1. The molecule has 0 fully saturated rings. The van der Waals surface area contributed by atoms with Crippen molar-refractivity contribution < 1.29 is 14.3 Å². The Kier molecular flexibility index (Phi) is 7.80. The van der Waals surface area contributed by atoms with Gasteiger partial charge in [-0.1, -0.05) is 34.8 Å². The van der Waals surface area contributed by atoms with Gasteiger partial charge in [0.1, 0.15) is 10.6 Å². The van der Waals surface area contributed by atoms with E-state index in [1.54, 1.807) is 36.7 Å². The highest BCUT2D eigenvalue weighted by atomic mass is 35.5. The second kappa shape index (κ2) is 10.3. The van der Waals surface area contributed by atoms with Crippen molar-refractivity contribution >= 4 is 69.3 Å². The van der Waals surface area contributed by atoms with Gasteiger partial charge in [0.15, 0.2) is 0 Å². The first-order valence-corrected chi connectivity index (χ1v) is 11.0. The van der Waals surface area contributed by atoms with Crippen LogP contribution < -0.4 is 20.7 Å². The van der Waals surface area contributed by atoms with E-state index in [0.717, 1.165) is 5.56 Å². The summed E-state index contributed by atoms with van der Waals surface area (Å²) in [5, 5.41) is 11.5. The van der Waals surface area contributed by atoms with E-state index in [0.29, 0.717) is 27.2 Å². The molecule has 3 rings (SSSR count). The minimum Gasteiger partial charge on any atom is -0.494 e. The number of benzene rings is 2. The smallest absolute Gasteiger partial charge is 0.267 e. The van der Waals surface area contributed by atoms with Gasteiger partial charge in [0.25, 0.3) is 11.8 Å². The third-order valence-electron chi connectivity index (χ3n) is 4.25. The van der Waals surface area contributed by atoms with Crippen LogP contribution in [0.3, 0.4) is 0 Å². The lowest BCUT2D eigenvalue weighted by molar-refractivity contribution is 0.102. The third-order valence-corrected chi connectivity index (χ3v) is 6.29. The summed E-state index contributed by atoms with van der Waals surface area (Å²) >= 11 is 19.6. The lowest BCUT2D eigenvalue weighted by Gasteiger charge is -2.16. The molecule has 0 aliphatic heterocycles. The molecular formula is C21H18Cl3N3O3S. The molecule has 0 atom stereocenters. The summed E-state index contributed by atoms with van der Waals surface area (Å²) in [5.74, 6) is -0.699. The van der Waals surface area contributed by atoms with Crippen LogP contribution in [-0.4, -0.2) is 26.0 Å². The summed E-state index contributed by atoms with van der Waals surface area (Å²) in [6, 6.07) is 9.59. The van der Waals surface area contributed by atoms with Crippen LogP contribution >= 0.6 is 46.1 Å². The van der Waals surface area contributed by atoms with Crippen LogP contribution in [0.4, 0.5) is 11.4 Å². The van der Waals surface area contributed by atoms with E-state index in [2.05, 4.69) is 16.0 Å². The van der Waals surface area contributed by atoms with E-state index in [1.807, 2.05) is 0 Å². The Bertz CT molecular complexity index is 1120. The topological polar surface area (TPSA) is 79.5 Å². The van der Waals surface area contributed by atoms with Gasteiger partial charge < -0.3 is 20.7 Å². The molecule has 0 saturated heterocycles. The molecule has 0 aliphatic rings. The molecule has 6 nitrogen and oxygen atoms in total. The third kappa shape index (κ3) is 5.50. The van der Waals surface area contributed by atoms with Crippen molar-refractivity contribution in [2.24, 2.45) is 0 Å². The van der Waals surface area contributed by atoms with Crippen molar-refractivity contribution in [3.05, 3.63) is 72.9 Å². The van der Waals surface area contributed by atoms with Gasteiger partial charge in [0, 0.05) is 28.3 Å². The molecule has 3 aromatic rings. The van der Waals surface area contributed by atoms with Crippen molar-refractivity contribution in [2.45, 2.75) is 6.54 Å². The normalized spacial score (nSPS) is 10.6. The number of thiophene rings is 1. The minimum absolute atomic E-state index is 0.135. The van der Waals surface area contributed by atoms with E-state index in [1.165, 1.54) is 30.6 Å². The van der Waals surface area contributed by atoms with Gasteiger partial charge in [-0.05, 0) is 48.3 Å². The molecule has 0 bridgehead atoms. The number of rotatable bonds is 7. The summed E-state index contributed by atoms with van der Waals surface area (Å²) in [7, 11) is 3.21. The predicted molar refractivity (Wildman–Crippen MR) is 127 cm³/mol. The largest absolute Gasteiger partial charge is 0.494 e. The van der Waals surface area contributed by atoms with Crippen molar-refractivity contribution in [1.82, 2.24) is 5.32 Å². The molecule has 0 unspecified atom stereocenters. The minimum atomic E-state index is -0.480. The molecule has 1 aromatic heterocycles. The maximum absolute atomic E-state index is 13.0. The van der Waals surface area contributed by atoms with Crippen molar-refractivity contribution in [3.63, 3.8) is 0 Å². The quantitative estimate of drug-likeness (QED) is 0.376. The molecule has 3 N–H and O–H groups in total. The highest BCUT2D eigenvalue weighted by Gasteiger charge is 2.23. The molecule has 0 aliphatic carbocycles. The maximum atomic E-state index is 13.0. The Balaban J connectivity index is 1.94. The van der Waals surface area contributed by atoms with Gasteiger partial charge in [0.2, 0.25) is 0 Å². The van der Waals surface area contributed by atoms with E-state index in [9.17, 15) is 9.59 Å². The maximum Gasteiger partial charge on any atom is 0.267 e. The molecule has 0 saturated carbocycles. The van der Waals surface area contributed by atoms with Crippen LogP contribution in [0.25, 0.3) is 0 Å². The van der Waals surface area contributed by atoms with Gasteiger partial charge >= 0.3 is 0 Å². The molecule has 31 heavy (non-hydrogen) atoms. The first kappa shape index (κ1) is 23.4. The number of methoxy groups -OCH3 is 1. The zero-order valence-corrected chi connectivity index (χ0v) is 19.6. The Morgan fingerprint density at radius 3 is 2.35 bits per heavy atom. The zero-order valence-electron chi connectivity index (χ0n) is 16.5. The Hall–Kier alpha value is -2.29. The van der Waals surface area contributed by atoms with Crippen LogP contribution in [0.1, 0.15) is 25.6 Å². The average molecular weight is 499 g/mol. The molecule has 10 heteroatoms. The van der Waals surface area contributed by atoms with Crippen LogP contribution in [0, 0.1) is 0 Å². The van der Waals surface area contributed by atoms with Crippen molar-refractivity contribution in [1.29, 1.82) is 0 Å². The predicted octanol–water partition coefficient (Wildman–Crippen LogP) is 5.94. The molecular weight excluding hydrogens is 481 g/mol. The van der Waals surface area contributed by atoms with Gasteiger partial charge in [-0.3, -0.25) is 9.59 Å². The highest BCUT2D eigenvalue weighted by molar-refractivity contribution is 7.13. The fourth-order valence-electron chi connectivity index (χ4n) is 2.80. The first-order valence-electron chi connectivity index (χ1n) is 9.00. The fourth-order valence-corrected chi connectivity index (χ4v) is 4.39. The second-order valence-electron chi connectivity index (χ2n) is 6.38. The van der Waals surface area contributed by atoms with E-state index >= 15 is 0 Å². The first-order chi connectivity index (χ1) is 14.8. The van der Waals surface area contributed by atoms with Crippen LogP contribution in [-0.2, 0) is 6.54 Å². The van der Waals surface area contributed by atoms with E-state index in [-0.39, 0.29) is 22.0 Å². The number of carbonyl (C=O) groups is 2. The standard InChI is InChI=1S/C21H18Cl3N3O3S/c1-25-9-11-10-31-19(17(11)24)21(29)27-18-15(7-13(23)8-16(18)30-2)20(28)26-14-5-3-12(22)4-6-14/h3-8,10,25H,9H2,1-2H3,(H,26,28)(H,27,29). The van der Waals surface area contributed by atoms with Crippen LogP contribution in [0.5, 0.6) is 5.75 Å². The highest BCUT2D eigenvalue weighted by Crippen LogP contribution is 2.35. The Morgan fingerprint density at radius 1 is 1.00 bits per heavy atom.